The predicted octanol–water partition coefficient (Wildman–Crippen LogP) is 1.86. The summed E-state index contributed by atoms with van der Waals surface area (Å²) in [4.78, 5) is 13.5. The van der Waals surface area contributed by atoms with Crippen molar-refractivity contribution in [2.75, 3.05) is 11.4 Å². The summed E-state index contributed by atoms with van der Waals surface area (Å²) in [5.74, 6) is 0.0213. The molecule has 82 valence electrons. The number of fused-ring (bicyclic) bond motifs is 1. The maximum absolute atomic E-state index is 11.8. The number of amides is 1. The van der Waals surface area contributed by atoms with E-state index in [1.807, 2.05) is 24.3 Å². The Morgan fingerprint density at radius 1 is 1.40 bits per heavy atom. The zero-order chi connectivity index (χ0) is 10.1. The number of benzene rings is 1. The van der Waals surface area contributed by atoms with Crippen LogP contribution >= 0.6 is 12.4 Å². The molecule has 3 nitrogen and oxygen atoms in total. The Hall–Kier alpha value is -1.06. The van der Waals surface area contributed by atoms with E-state index in [9.17, 15) is 4.79 Å². The van der Waals surface area contributed by atoms with Gasteiger partial charge >= 0.3 is 0 Å². The SMILES string of the molecule is CCCN1C(=O)C(N)c2ccccc21.Cl. The van der Waals surface area contributed by atoms with Gasteiger partial charge in [-0.05, 0) is 12.5 Å². The lowest BCUT2D eigenvalue weighted by Gasteiger charge is -2.15. The molecule has 0 radical (unpaired) electrons. The summed E-state index contributed by atoms with van der Waals surface area (Å²) >= 11 is 0. The third kappa shape index (κ3) is 1.85. The van der Waals surface area contributed by atoms with E-state index < -0.39 is 6.04 Å². The van der Waals surface area contributed by atoms with E-state index in [0.717, 1.165) is 24.2 Å². The number of nitrogens with two attached hydrogens (primary N) is 1. The van der Waals surface area contributed by atoms with Crippen LogP contribution in [0.2, 0.25) is 0 Å². The summed E-state index contributed by atoms with van der Waals surface area (Å²) < 4.78 is 0. The highest BCUT2D eigenvalue weighted by atomic mass is 35.5. The third-order valence-electron chi connectivity index (χ3n) is 2.54. The van der Waals surface area contributed by atoms with Crippen molar-refractivity contribution < 1.29 is 4.79 Å². The number of anilines is 1. The standard InChI is InChI=1S/C11H14N2O.ClH/c1-2-7-13-9-6-4-3-5-8(9)10(12)11(13)14;/h3-6,10H,2,7,12H2,1H3;1H. The first-order chi connectivity index (χ1) is 6.75. The number of para-hydroxylation sites is 1. The lowest BCUT2D eigenvalue weighted by molar-refractivity contribution is -0.119. The van der Waals surface area contributed by atoms with E-state index in [0.29, 0.717) is 0 Å². The largest absolute Gasteiger partial charge is 0.316 e. The van der Waals surface area contributed by atoms with Gasteiger partial charge in [0.1, 0.15) is 6.04 Å². The summed E-state index contributed by atoms with van der Waals surface area (Å²) in [5.41, 5.74) is 7.75. The first-order valence-electron chi connectivity index (χ1n) is 4.91. The van der Waals surface area contributed by atoms with Crippen LogP contribution in [0.1, 0.15) is 24.9 Å². The smallest absolute Gasteiger partial charge is 0.248 e. The number of halogens is 1. The van der Waals surface area contributed by atoms with Gasteiger partial charge in [0.15, 0.2) is 0 Å². The second-order valence-corrected chi connectivity index (χ2v) is 3.53. The summed E-state index contributed by atoms with van der Waals surface area (Å²) in [7, 11) is 0. The van der Waals surface area contributed by atoms with Gasteiger partial charge in [0, 0.05) is 17.8 Å². The number of rotatable bonds is 2. The van der Waals surface area contributed by atoms with Gasteiger partial charge in [-0.25, -0.2) is 0 Å². The zero-order valence-corrected chi connectivity index (χ0v) is 9.46. The summed E-state index contributed by atoms with van der Waals surface area (Å²) in [5, 5.41) is 0. The Morgan fingerprint density at radius 3 is 2.73 bits per heavy atom. The van der Waals surface area contributed by atoms with Crippen LogP contribution in [-0.4, -0.2) is 12.5 Å². The minimum atomic E-state index is -0.460. The lowest BCUT2D eigenvalue weighted by Crippen LogP contribution is -2.32. The van der Waals surface area contributed by atoms with Crippen LogP contribution in [0.5, 0.6) is 0 Å². The molecule has 1 aliphatic rings. The second-order valence-electron chi connectivity index (χ2n) is 3.53. The monoisotopic (exact) mass is 226 g/mol. The molecular weight excluding hydrogens is 212 g/mol. The van der Waals surface area contributed by atoms with Crippen molar-refractivity contribution >= 4 is 24.0 Å². The van der Waals surface area contributed by atoms with Gasteiger partial charge in [-0.3, -0.25) is 4.79 Å². The highest BCUT2D eigenvalue weighted by Crippen LogP contribution is 2.33. The Labute approximate surface area is 95.7 Å². The maximum Gasteiger partial charge on any atom is 0.248 e. The van der Waals surface area contributed by atoms with E-state index in [4.69, 9.17) is 5.73 Å². The maximum atomic E-state index is 11.8. The fourth-order valence-corrected chi connectivity index (χ4v) is 1.87. The molecule has 1 atom stereocenters. The fraction of sp³-hybridized carbons (Fsp3) is 0.364. The molecule has 2 N–H and O–H groups in total. The molecule has 15 heavy (non-hydrogen) atoms. The molecule has 0 bridgehead atoms. The van der Waals surface area contributed by atoms with E-state index in [1.54, 1.807) is 4.90 Å². The third-order valence-corrected chi connectivity index (χ3v) is 2.54. The van der Waals surface area contributed by atoms with Crippen molar-refractivity contribution in [2.45, 2.75) is 19.4 Å². The van der Waals surface area contributed by atoms with Crippen molar-refractivity contribution in [3.63, 3.8) is 0 Å². The fourth-order valence-electron chi connectivity index (χ4n) is 1.87. The highest BCUT2D eigenvalue weighted by Gasteiger charge is 2.33. The Balaban J connectivity index is 0.00000112. The van der Waals surface area contributed by atoms with E-state index in [-0.39, 0.29) is 18.3 Å². The van der Waals surface area contributed by atoms with Gasteiger partial charge in [0.2, 0.25) is 5.91 Å². The van der Waals surface area contributed by atoms with Crippen molar-refractivity contribution in [2.24, 2.45) is 5.73 Å². The number of carbonyl (C=O) groups excluding carboxylic acids is 1. The van der Waals surface area contributed by atoms with Crippen molar-refractivity contribution in [1.82, 2.24) is 0 Å². The average molecular weight is 227 g/mol. The molecule has 1 aromatic carbocycles. The van der Waals surface area contributed by atoms with Crippen molar-refractivity contribution in [1.29, 1.82) is 0 Å². The molecule has 1 unspecified atom stereocenters. The van der Waals surface area contributed by atoms with Gasteiger partial charge < -0.3 is 10.6 Å². The molecule has 0 saturated heterocycles. The van der Waals surface area contributed by atoms with Crippen LogP contribution in [0.3, 0.4) is 0 Å². The quantitative estimate of drug-likeness (QED) is 0.837. The molecule has 4 heteroatoms. The van der Waals surface area contributed by atoms with Gasteiger partial charge in [-0.1, -0.05) is 25.1 Å². The summed E-state index contributed by atoms with van der Waals surface area (Å²) in [6, 6.07) is 7.27. The molecule has 0 aliphatic carbocycles. The first-order valence-corrected chi connectivity index (χ1v) is 4.91. The summed E-state index contributed by atoms with van der Waals surface area (Å²) in [6.45, 7) is 2.81. The number of hydrogen-bond acceptors (Lipinski definition) is 2. The van der Waals surface area contributed by atoms with Crippen LogP contribution in [0.15, 0.2) is 24.3 Å². The van der Waals surface area contributed by atoms with Crippen LogP contribution in [0, 0.1) is 0 Å². The molecule has 1 aliphatic heterocycles. The van der Waals surface area contributed by atoms with E-state index in [2.05, 4.69) is 6.92 Å². The highest BCUT2D eigenvalue weighted by molar-refractivity contribution is 6.04. The zero-order valence-electron chi connectivity index (χ0n) is 8.64. The topological polar surface area (TPSA) is 46.3 Å². The minimum Gasteiger partial charge on any atom is -0.316 e. The Morgan fingerprint density at radius 2 is 2.07 bits per heavy atom. The van der Waals surface area contributed by atoms with Crippen molar-refractivity contribution in [3.8, 4) is 0 Å². The molecule has 1 aromatic rings. The first kappa shape index (κ1) is 12.0. The summed E-state index contributed by atoms with van der Waals surface area (Å²) in [6.07, 6.45) is 0.951. The van der Waals surface area contributed by atoms with Crippen molar-refractivity contribution in [3.05, 3.63) is 29.8 Å². The van der Waals surface area contributed by atoms with Crippen LogP contribution in [-0.2, 0) is 4.79 Å². The minimum absolute atomic E-state index is 0. The molecule has 2 rings (SSSR count). The predicted molar refractivity (Wildman–Crippen MR) is 63.3 cm³/mol. The van der Waals surface area contributed by atoms with Gasteiger partial charge in [0.05, 0.1) is 0 Å². The van der Waals surface area contributed by atoms with Gasteiger partial charge in [-0.2, -0.15) is 0 Å². The number of nitrogens with zero attached hydrogens (tertiary/aromatic N) is 1. The Bertz CT molecular complexity index is 367. The normalized spacial score (nSPS) is 18.7. The van der Waals surface area contributed by atoms with E-state index >= 15 is 0 Å². The molecule has 1 amide bonds. The molecule has 0 fully saturated rings. The van der Waals surface area contributed by atoms with Gasteiger partial charge in [0.25, 0.3) is 0 Å². The van der Waals surface area contributed by atoms with Gasteiger partial charge in [-0.15, -0.1) is 12.4 Å². The average Bonchev–Trinajstić information content (AvgIpc) is 2.45. The van der Waals surface area contributed by atoms with Crippen LogP contribution in [0.25, 0.3) is 0 Å². The molecule has 0 saturated carbocycles. The molecular formula is C11H15ClN2O. The second kappa shape index (κ2) is 4.64. The van der Waals surface area contributed by atoms with Crippen LogP contribution < -0.4 is 10.6 Å². The number of hydrogen-bond donors (Lipinski definition) is 1. The van der Waals surface area contributed by atoms with Crippen LogP contribution in [0.4, 0.5) is 5.69 Å². The molecule has 0 spiro atoms. The Kier molecular flexibility index (Phi) is 3.72. The van der Waals surface area contributed by atoms with E-state index in [1.165, 1.54) is 0 Å². The number of carbonyl (C=O) groups is 1. The molecule has 1 heterocycles. The lowest BCUT2D eigenvalue weighted by atomic mass is 10.1. The molecule has 0 aromatic heterocycles.